The molecular formula is C9H9NOS. The van der Waals surface area contributed by atoms with Gasteiger partial charge in [0.25, 0.3) is 0 Å². The van der Waals surface area contributed by atoms with Crippen LogP contribution in [-0.4, -0.2) is 10.3 Å². The lowest BCUT2D eigenvalue weighted by Gasteiger charge is -2.04. The fourth-order valence-electron chi connectivity index (χ4n) is 1.04. The number of isothiocyanates is 1. The highest BCUT2D eigenvalue weighted by atomic mass is 32.1. The number of aliphatic imine (C=N–C) groups is 1. The number of phenolic OH excluding ortho intramolecular Hbond substituents is 1. The summed E-state index contributed by atoms with van der Waals surface area (Å²) < 4.78 is 0. The van der Waals surface area contributed by atoms with Crippen LogP contribution in [-0.2, 0) is 0 Å². The maximum atomic E-state index is 9.33. The minimum Gasteiger partial charge on any atom is -0.508 e. The lowest BCUT2D eigenvalue weighted by molar-refractivity contribution is 0.471. The highest BCUT2D eigenvalue weighted by Crippen LogP contribution is 2.29. The zero-order valence-corrected chi connectivity index (χ0v) is 7.77. The van der Waals surface area contributed by atoms with Gasteiger partial charge in [0, 0.05) is 5.56 Å². The Hall–Kier alpha value is -1.18. The van der Waals surface area contributed by atoms with E-state index in [1.54, 1.807) is 19.1 Å². The van der Waals surface area contributed by atoms with Crippen molar-refractivity contribution in [2.45, 2.75) is 13.8 Å². The van der Waals surface area contributed by atoms with Crippen LogP contribution in [0.3, 0.4) is 0 Å². The van der Waals surface area contributed by atoms with E-state index in [1.165, 1.54) is 0 Å². The van der Waals surface area contributed by atoms with Crippen LogP contribution in [0.25, 0.3) is 0 Å². The van der Waals surface area contributed by atoms with Gasteiger partial charge in [0.15, 0.2) is 0 Å². The molecular weight excluding hydrogens is 170 g/mol. The summed E-state index contributed by atoms with van der Waals surface area (Å²) >= 11 is 4.50. The van der Waals surface area contributed by atoms with E-state index in [-0.39, 0.29) is 5.75 Å². The molecule has 2 nitrogen and oxygen atoms in total. The highest BCUT2D eigenvalue weighted by Gasteiger charge is 2.04. The summed E-state index contributed by atoms with van der Waals surface area (Å²) in [6.07, 6.45) is 0. The third kappa shape index (κ3) is 1.52. The number of rotatable bonds is 1. The van der Waals surface area contributed by atoms with Gasteiger partial charge in [0.1, 0.15) is 5.75 Å². The molecule has 0 radical (unpaired) electrons. The van der Waals surface area contributed by atoms with Crippen molar-refractivity contribution in [2.75, 3.05) is 0 Å². The molecule has 1 aromatic carbocycles. The van der Waals surface area contributed by atoms with E-state index >= 15 is 0 Å². The number of nitrogens with zero attached hydrogens (tertiary/aromatic N) is 1. The van der Waals surface area contributed by atoms with Gasteiger partial charge in [-0.25, -0.2) is 0 Å². The number of thiocarbonyl (C=S) groups is 1. The standard InChI is InChI=1S/C9H9NOS/c1-6-3-4-8(11)7(2)9(6)10-5-12/h3-4,11H,1-2H3. The molecule has 0 bridgehead atoms. The lowest BCUT2D eigenvalue weighted by Crippen LogP contribution is -1.80. The Morgan fingerprint density at radius 1 is 1.42 bits per heavy atom. The van der Waals surface area contributed by atoms with Crippen LogP contribution in [0.1, 0.15) is 11.1 Å². The second kappa shape index (κ2) is 3.48. The summed E-state index contributed by atoms with van der Waals surface area (Å²) in [5.74, 6) is 0.240. The van der Waals surface area contributed by atoms with E-state index in [0.29, 0.717) is 5.69 Å². The number of hydrogen-bond donors (Lipinski definition) is 1. The molecule has 1 rings (SSSR count). The molecule has 0 aliphatic rings. The molecule has 0 aromatic heterocycles. The van der Waals surface area contributed by atoms with Gasteiger partial charge in [0.05, 0.1) is 10.8 Å². The zero-order valence-electron chi connectivity index (χ0n) is 6.96. The third-order valence-electron chi connectivity index (χ3n) is 1.76. The summed E-state index contributed by atoms with van der Waals surface area (Å²) in [4.78, 5) is 3.87. The summed E-state index contributed by atoms with van der Waals surface area (Å²) in [6, 6.07) is 3.45. The Morgan fingerprint density at radius 2 is 2.08 bits per heavy atom. The number of aromatic hydroxyl groups is 1. The molecule has 0 heterocycles. The van der Waals surface area contributed by atoms with Gasteiger partial charge in [-0.05, 0) is 37.7 Å². The van der Waals surface area contributed by atoms with Gasteiger partial charge in [-0.3, -0.25) is 0 Å². The van der Waals surface area contributed by atoms with Gasteiger partial charge in [0.2, 0.25) is 0 Å². The van der Waals surface area contributed by atoms with Crippen LogP contribution >= 0.6 is 12.2 Å². The van der Waals surface area contributed by atoms with Gasteiger partial charge >= 0.3 is 0 Å². The quantitative estimate of drug-likeness (QED) is 0.531. The SMILES string of the molecule is Cc1ccc(O)c(C)c1N=C=S. The minimum atomic E-state index is 0.240. The van der Waals surface area contributed by atoms with Crippen LogP contribution in [0, 0.1) is 13.8 Å². The zero-order chi connectivity index (χ0) is 9.14. The Morgan fingerprint density at radius 3 is 2.67 bits per heavy atom. The monoisotopic (exact) mass is 179 g/mol. The van der Waals surface area contributed by atoms with Crippen molar-refractivity contribution in [3.63, 3.8) is 0 Å². The first-order valence-corrected chi connectivity index (χ1v) is 3.94. The number of phenols is 1. The average Bonchev–Trinajstić information content (AvgIpc) is 2.06. The number of benzene rings is 1. The largest absolute Gasteiger partial charge is 0.508 e. The molecule has 62 valence electrons. The van der Waals surface area contributed by atoms with Crippen molar-refractivity contribution < 1.29 is 5.11 Å². The summed E-state index contributed by atoms with van der Waals surface area (Å²) in [5, 5.41) is 11.6. The molecule has 0 unspecified atom stereocenters. The van der Waals surface area contributed by atoms with Gasteiger partial charge in [-0.15, -0.1) is 0 Å². The molecule has 0 amide bonds. The molecule has 0 spiro atoms. The van der Waals surface area contributed by atoms with E-state index in [2.05, 4.69) is 22.4 Å². The topological polar surface area (TPSA) is 32.6 Å². The predicted octanol–water partition coefficient (Wildman–Crippen LogP) is 2.74. The Labute approximate surface area is 76.6 Å². The van der Waals surface area contributed by atoms with Crippen LogP contribution < -0.4 is 0 Å². The maximum absolute atomic E-state index is 9.33. The molecule has 1 aromatic rings. The first-order chi connectivity index (χ1) is 5.66. The van der Waals surface area contributed by atoms with Crippen molar-refractivity contribution >= 4 is 23.1 Å². The van der Waals surface area contributed by atoms with Crippen LogP contribution in [0.5, 0.6) is 5.75 Å². The molecule has 0 aliphatic heterocycles. The Bertz CT molecular complexity index is 354. The summed E-state index contributed by atoms with van der Waals surface area (Å²) in [7, 11) is 0. The molecule has 3 heteroatoms. The Kier molecular flexibility index (Phi) is 2.58. The maximum Gasteiger partial charge on any atom is 0.120 e. The normalized spacial score (nSPS) is 9.17. The van der Waals surface area contributed by atoms with Crippen molar-refractivity contribution in [1.29, 1.82) is 0 Å². The molecule has 0 saturated heterocycles. The van der Waals surface area contributed by atoms with Crippen LogP contribution in [0.2, 0.25) is 0 Å². The highest BCUT2D eigenvalue weighted by molar-refractivity contribution is 7.78. The van der Waals surface area contributed by atoms with E-state index in [1.807, 2.05) is 6.92 Å². The number of hydrogen-bond acceptors (Lipinski definition) is 3. The molecule has 0 fully saturated rings. The van der Waals surface area contributed by atoms with E-state index in [4.69, 9.17) is 0 Å². The van der Waals surface area contributed by atoms with Crippen LogP contribution in [0.15, 0.2) is 17.1 Å². The first-order valence-electron chi connectivity index (χ1n) is 3.54. The van der Waals surface area contributed by atoms with E-state index < -0.39 is 0 Å². The molecule has 0 aliphatic carbocycles. The molecule has 0 atom stereocenters. The van der Waals surface area contributed by atoms with Crippen molar-refractivity contribution in [3.05, 3.63) is 23.3 Å². The van der Waals surface area contributed by atoms with Gasteiger partial charge in [-0.2, -0.15) is 4.99 Å². The number of aryl methyl sites for hydroxylation is 1. The first kappa shape index (κ1) is 8.91. The Balaban J connectivity index is 3.42. The smallest absolute Gasteiger partial charge is 0.120 e. The van der Waals surface area contributed by atoms with Gasteiger partial charge < -0.3 is 5.11 Å². The minimum absolute atomic E-state index is 0.240. The van der Waals surface area contributed by atoms with Crippen molar-refractivity contribution in [1.82, 2.24) is 0 Å². The fraction of sp³-hybridized carbons (Fsp3) is 0.222. The summed E-state index contributed by atoms with van der Waals surface area (Å²) in [5.41, 5.74) is 2.44. The summed E-state index contributed by atoms with van der Waals surface area (Å²) in [6.45, 7) is 3.71. The molecule has 0 saturated carbocycles. The van der Waals surface area contributed by atoms with E-state index in [0.717, 1.165) is 11.1 Å². The second-order valence-electron chi connectivity index (χ2n) is 2.58. The molecule has 1 N–H and O–H groups in total. The van der Waals surface area contributed by atoms with Crippen molar-refractivity contribution in [2.24, 2.45) is 4.99 Å². The second-order valence-corrected chi connectivity index (χ2v) is 2.76. The van der Waals surface area contributed by atoms with E-state index in [9.17, 15) is 5.11 Å². The van der Waals surface area contributed by atoms with Gasteiger partial charge in [-0.1, -0.05) is 6.07 Å². The predicted molar refractivity (Wildman–Crippen MR) is 52.3 cm³/mol. The molecule has 12 heavy (non-hydrogen) atoms. The van der Waals surface area contributed by atoms with Crippen LogP contribution in [0.4, 0.5) is 5.69 Å². The fourth-order valence-corrected chi connectivity index (χ4v) is 1.13. The lowest BCUT2D eigenvalue weighted by atomic mass is 10.1. The van der Waals surface area contributed by atoms with Crippen molar-refractivity contribution in [3.8, 4) is 5.75 Å². The average molecular weight is 179 g/mol. The third-order valence-corrected chi connectivity index (χ3v) is 1.85.